The Labute approximate surface area is 108 Å². The van der Waals surface area contributed by atoms with Crippen LogP contribution in [-0.2, 0) is 4.79 Å². The van der Waals surface area contributed by atoms with Crippen LogP contribution in [0.4, 0.5) is 5.69 Å². The topological polar surface area (TPSA) is 61.4 Å². The number of carbonyl (C=O) groups excluding carboxylic acids is 1. The summed E-state index contributed by atoms with van der Waals surface area (Å²) >= 11 is 0. The average molecular weight is 250 g/mol. The van der Waals surface area contributed by atoms with Crippen molar-refractivity contribution in [1.82, 2.24) is 5.32 Å². The largest absolute Gasteiger partial charge is 0.389 e. The SMILES string of the molecule is CCC(O)(CC)CNCC(=O)Nc1ccccc1. The minimum atomic E-state index is -0.715. The Balaban J connectivity index is 2.30. The summed E-state index contributed by atoms with van der Waals surface area (Å²) in [5.41, 5.74) is 0.0677. The van der Waals surface area contributed by atoms with Gasteiger partial charge < -0.3 is 15.7 Å². The molecule has 1 rings (SSSR count). The van der Waals surface area contributed by atoms with Gasteiger partial charge in [-0.25, -0.2) is 0 Å². The molecule has 0 unspecified atom stereocenters. The summed E-state index contributed by atoms with van der Waals surface area (Å²) in [6.07, 6.45) is 1.35. The number of anilines is 1. The molecule has 100 valence electrons. The molecule has 0 radical (unpaired) electrons. The number of aliphatic hydroxyl groups is 1. The lowest BCUT2D eigenvalue weighted by molar-refractivity contribution is -0.115. The summed E-state index contributed by atoms with van der Waals surface area (Å²) < 4.78 is 0. The van der Waals surface area contributed by atoms with Gasteiger partial charge in [-0.2, -0.15) is 0 Å². The quantitative estimate of drug-likeness (QED) is 0.691. The van der Waals surface area contributed by atoms with Crippen molar-refractivity contribution in [1.29, 1.82) is 0 Å². The number of amides is 1. The Morgan fingerprint density at radius 1 is 1.22 bits per heavy atom. The second-order valence-corrected chi connectivity index (χ2v) is 4.45. The zero-order valence-electron chi connectivity index (χ0n) is 11.1. The molecule has 3 N–H and O–H groups in total. The fourth-order valence-corrected chi connectivity index (χ4v) is 1.64. The number of nitrogens with one attached hydrogen (secondary N) is 2. The predicted molar refractivity (Wildman–Crippen MR) is 73.5 cm³/mol. The van der Waals surface area contributed by atoms with E-state index >= 15 is 0 Å². The second-order valence-electron chi connectivity index (χ2n) is 4.45. The minimum Gasteiger partial charge on any atom is -0.389 e. The Morgan fingerprint density at radius 2 is 1.83 bits per heavy atom. The molecule has 0 aromatic heterocycles. The van der Waals surface area contributed by atoms with E-state index in [1.807, 2.05) is 44.2 Å². The molecule has 0 spiro atoms. The van der Waals surface area contributed by atoms with Crippen molar-refractivity contribution < 1.29 is 9.90 Å². The van der Waals surface area contributed by atoms with Crippen molar-refractivity contribution in [2.45, 2.75) is 32.3 Å². The Hall–Kier alpha value is -1.39. The van der Waals surface area contributed by atoms with Crippen LogP contribution in [0.15, 0.2) is 30.3 Å². The molecule has 0 aliphatic rings. The van der Waals surface area contributed by atoms with Gasteiger partial charge in [0.25, 0.3) is 0 Å². The fourth-order valence-electron chi connectivity index (χ4n) is 1.64. The monoisotopic (exact) mass is 250 g/mol. The summed E-state index contributed by atoms with van der Waals surface area (Å²) in [7, 11) is 0. The third-order valence-corrected chi connectivity index (χ3v) is 3.11. The lowest BCUT2D eigenvalue weighted by Gasteiger charge is -2.25. The summed E-state index contributed by atoms with van der Waals surface area (Å²) in [6, 6.07) is 9.32. The predicted octanol–water partition coefficient (Wildman–Crippen LogP) is 1.77. The molecule has 0 saturated carbocycles. The van der Waals surface area contributed by atoms with E-state index in [-0.39, 0.29) is 12.5 Å². The van der Waals surface area contributed by atoms with Crippen molar-refractivity contribution in [3.8, 4) is 0 Å². The van der Waals surface area contributed by atoms with E-state index in [1.54, 1.807) is 0 Å². The van der Waals surface area contributed by atoms with E-state index < -0.39 is 5.60 Å². The van der Waals surface area contributed by atoms with Crippen molar-refractivity contribution in [2.24, 2.45) is 0 Å². The molecular weight excluding hydrogens is 228 g/mol. The van der Waals surface area contributed by atoms with Crippen molar-refractivity contribution >= 4 is 11.6 Å². The average Bonchev–Trinajstić information content (AvgIpc) is 2.39. The third-order valence-electron chi connectivity index (χ3n) is 3.11. The van der Waals surface area contributed by atoms with Gasteiger partial charge in [0, 0.05) is 12.2 Å². The maximum Gasteiger partial charge on any atom is 0.238 e. The van der Waals surface area contributed by atoms with Gasteiger partial charge in [0.05, 0.1) is 12.1 Å². The van der Waals surface area contributed by atoms with Crippen molar-refractivity contribution in [2.75, 3.05) is 18.4 Å². The molecule has 0 bridgehead atoms. The molecule has 0 atom stereocenters. The second kappa shape index (κ2) is 7.13. The van der Waals surface area contributed by atoms with Gasteiger partial charge in [-0.3, -0.25) is 4.79 Å². The van der Waals surface area contributed by atoms with E-state index in [0.29, 0.717) is 19.4 Å². The lowest BCUT2D eigenvalue weighted by Crippen LogP contribution is -2.42. The summed E-state index contributed by atoms with van der Waals surface area (Å²) in [6.45, 7) is 4.52. The number of rotatable bonds is 7. The summed E-state index contributed by atoms with van der Waals surface area (Å²) in [5.74, 6) is -0.101. The maximum absolute atomic E-state index is 11.6. The molecule has 1 aromatic carbocycles. The zero-order valence-corrected chi connectivity index (χ0v) is 11.1. The molecule has 4 heteroatoms. The smallest absolute Gasteiger partial charge is 0.238 e. The first kappa shape index (κ1) is 14.7. The van der Waals surface area contributed by atoms with Crippen LogP contribution in [0.1, 0.15) is 26.7 Å². The highest BCUT2D eigenvalue weighted by Crippen LogP contribution is 2.12. The van der Waals surface area contributed by atoms with Gasteiger partial charge in [0.1, 0.15) is 0 Å². The molecule has 0 saturated heterocycles. The van der Waals surface area contributed by atoms with Crippen LogP contribution in [0.3, 0.4) is 0 Å². The highest BCUT2D eigenvalue weighted by molar-refractivity contribution is 5.92. The minimum absolute atomic E-state index is 0.101. The molecule has 0 aliphatic carbocycles. The normalized spacial score (nSPS) is 11.3. The first-order chi connectivity index (χ1) is 8.59. The lowest BCUT2D eigenvalue weighted by atomic mass is 9.98. The maximum atomic E-state index is 11.6. The van der Waals surface area contributed by atoms with Crippen LogP contribution < -0.4 is 10.6 Å². The number of hydrogen-bond acceptors (Lipinski definition) is 3. The van der Waals surface area contributed by atoms with Crippen LogP contribution in [0.25, 0.3) is 0 Å². The van der Waals surface area contributed by atoms with Crippen LogP contribution in [0.5, 0.6) is 0 Å². The third kappa shape index (κ3) is 4.85. The summed E-state index contributed by atoms with van der Waals surface area (Å²) in [5, 5.41) is 15.8. The molecule has 0 fully saturated rings. The van der Waals surface area contributed by atoms with Gasteiger partial charge in [-0.15, -0.1) is 0 Å². The van der Waals surface area contributed by atoms with E-state index in [4.69, 9.17) is 0 Å². The Kier molecular flexibility index (Phi) is 5.82. The van der Waals surface area contributed by atoms with E-state index in [1.165, 1.54) is 0 Å². The molecule has 1 aromatic rings. The highest BCUT2D eigenvalue weighted by Gasteiger charge is 2.21. The van der Waals surface area contributed by atoms with Crippen molar-refractivity contribution in [3.05, 3.63) is 30.3 Å². The number of hydrogen-bond donors (Lipinski definition) is 3. The highest BCUT2D eigenvalue weighted by atomic mass is 16.3. The van der Waals surface area contributed by atoms with Gasteiger partial charge in [-0.1, -0.05) is 32.0 Å². The summed E-state index contributed by atoms with van der Waals surface area (Å²) in [4.78, 5) is 11.6. The van der Waals surface area contributed by atoms with Gasteiger partial charge in [0.15, 0.2) is 0 Å². The molecular formula is C14H22N2O2. The van der Waals surface area contributed by atoms with Gasteiger partial charge >= 0.3 is 0 Å². The Morgan fingerprint density at radius 3 is 2.39 bits per heavy atom. The van der Waals surface area contributed by atoms with E-state index in [0.717, 1.165) is 5.69 Å². The molecule has 18 heavy (non-hydrogen) atoms. The molecule has 1 amide bonds. The number of benzene rings is 1. The van der Waals surface area contributed by atoms with Crippen LogP contribution in [0.2, 0.25) is 0 Å². The van der Waals surface area contributed by atoms with Crippen LogP contribution >= 0.6 is 0 Å². The van der Waals surface area contributed by atoms with E-state index in [2.05, 4.69) is 10.6 Å². The van der Waals surface area contributed by atoms with Crippen LogP contribution in [-0.4, -0.2) is 29.7 Å². The first-order valence-corrected chi connectivity index (χ1v) is 6.37. The fraction of sp³-hybridized carbons (Fsp3) is 0.500. The zero-order chi connectivity index (χ0) is 13.4. The molecule has 0 aliphatic heterocycles. The van der Waals surface area contributed by atoms with Crippen molar-refractivity contribution in [3.63, 3.8) is 0 Å². The number of para-hydroxylation sites is 1. The van der Waals surface area contributed by atoms with E-state index in [9.17, 15) is 9.90 Å². The first-order valence-electron chi connectivity index (χ1n) is 6.37. The Bertz CT molecular complexity index is 361. The number of carbonyl (C=O) groups is 1. The van der Waals surface area contributed by atoms with Gasteiger partial charge in [0.2, 0.25) is 5.91 Å². The van der Waals surface area contributed by atoms with Crippen LogP contribution in [0, 0.1) is 0 Å². The molecule has 4 nitrogen and oxygen atoms in total. The standard InChI is InChI=1S/C14H22N2O2/c1-3-14(18,4-2)11-15-10-13(17)16-12-8-6-5-7-9-12/h5-9,15,18H,3-4,10-11H2,1-2H3,(H,16,17). The van der Waals surface area contributed by atoms with Gasteiger partial charge in [-0.05, 0) is 25.0 Å². The molecule has 0 heterocycles.